The Morgan fingerprint density at radius 1 is 1.44 bits per heavy atom. The van der Waals surface area contributed by atoms with Gasteiger partial charge in [0.1, 0.15) is 11.6 Å². The van der Waals surface area contributed by atoms with Crippen LogP contribution in [0.3, 0.4) is 0 Å². The van der Waals surface area contributed by atoms with Crippen molar-refractivity contribution in [1.29, 1.82) is 0 Å². The molecule has 98 valence electrons. The van der Waals surface area contributed by atoms with E-state index in [2.05, 4.69) is 5.32 Å². The van der Waals surface area contributed by atoms with Gasteiger partial charge in [-0.1, -0.05) is 6.92 Å². The predicted molar refractivity (Wildman–Crippen MR) is 64.3 cm³/mol. The molecule has 0 bridgehead atoms. The summed E-state index contributed by atoms with van der Waals surface area (Å²) in [6.45, 7) is 4.01. The van der Waals surface area contributed by atoms with Crippen molar-refractivity contribution in [3.8, 4) is 0 Å². The molecule has 3 nitrogen and oxygen atoms in total. The van der Waals surface area contributed by atoms with Crippen LogP contribution in [0.15, 0.2) is 18.2 Å². The molecular weight excluding hydrogens is 238 g/mol. The molecular formula is C13H16F2N2O. The second-order valence-electron chi connectivity index (χ2n) is 4.43. The number of hydrogen-bond acceptors (Lipinski definition) is 2. The quantitative estimate of drug-likeness (QED) is 0.888. The Labute approximate surface area is 105 Å². The third-order valence-electron chi connectivity index (χ3n) is 3.09. The lowest BCUT2D eigenvalue weighted by Crippen LogP contribution is -2.59. The molecule has 1 heterocycles. The van der Waals surface area contributed by atoms with Crippen LogP contribution in [0.25, 0.3) is 0 Å². The first-order valence-corrected chi connectivity index (χ1v) is 6.10. The molecule has 0 spiro atoms. The summed E-state index contributed by atoms with van der Waals surface area (Å²) in [5, 5.41) is 3.08. The van der Waals surface area contributed by atoms with E-state index >= 15 is 0 Å². The van der Waals surface area contributed by atoms with Gasteiger partial charge in [-0.25, -0.2) is 8.78 Å². The van der Waals surface area contributed by atoms with E-state index < -0.39 is 11.6 Å². The van der Waals surface area contributed by atoms with Crippen LogP contribution >= 0.6 is 0 Å². The fourth-order valence-corrected chi connectivity index (χ4v) is 2.00. The van der Waals surface area contributed by atoms with Crippen molar-refractivity contribution < 1.29 is 13.6 Å². The molecule has 18 heavy (non-hydrogen) atoms. The lowest BCUT2D eigenvalue weighted by atomic mass is 10.1. The van der Waals surface area contributed by atoms with Crippen LogP contribution in [0.4, 0.5) is 8.78 Å². The van der Waals surface area contributed by atoms with Crippen molar-refractivity contribution in [2.45, 2.75) is 19.4 Å². The van der Waals surface area contributed by atoms with Gasteiger partial charge in [0.25, 0.3) is 5.91 Å². The van der Waals surface area contributed by atoms with Crippen LogP contribution in [0, 0.1) is 11.6 Å². The summed E-state index contributed by atoms with van der Waals surface area (Å²) in [4.78, 5) is 13.9. The second kappa shape index (κ2) is 5.44. The first kappa shape index (κ1) is 13.0. The maximum absolute atomic E-state index is 13.6. The minimum absolute atomic E-state index is 0.0586. The van der Waals surface area contributed by atoms with E-state index in [1.807, 2.05) is 6.92 Å². The Bertz CT molecular complexity index is 447. The number of halogens is 2. The van der Waals surface area contributed by atoms with Crippen molar-refractivity contribution in [2.24, 2.45) is 0 Å². The Morgan fingerprint density at radius 2 is 2.17 bits per heavy atom. The number of amides is 1. The van der Waals surface area contributed by atoms with Gasteiger partial charge in [0.15, 0.2) is 0 Å². The highest BCUT2D eigenvalue weighted by atomic mass is 19.1. The largest absolute Gasteiger partial charge is 0.333 e. The Morgan fingerprint density at radius 3 is 2.67 bits per heavy atom. The molecule has 0 unspecified atom stereocenters. The molecule has 1 N–H and O–H groups in total. The number of carbonyl (C=O) groups is 1. The van der Waals surface area contributed by atoms with Gasteiger partial charge in [-0.2, -0.15) is 0 Å². The summed E-state index contributed by atoms with van der Waals surface area (Å²) in [5.41, 5.74) is -0.0586. The molecule has 1 amide bonds. The second-order valence-corrected chi connectivity index (χ2v) is 4.43. The lowest BCUT2D eigenvalue weighted by Gasteiger charge is -2.38. The van der Waals surface area contributed by atoms with Gasteiger partial charge in [0, 0.05) is 25.7 Å². The maximum Gasteiger partial charge on any atom is 0.257 e. The van der Waals surface area contributed by atoms with E-state index in [1.165, 1.54) is 6.07 Å². The van der Waals surface area contributed by atoms with Gasteiger partial charge < -0.3 is 10.2 Å². The van der Waals surface area contributed by atoms with Crippen LogP contribution in [-0.2, 0) is 0 Å². The molecule has 1 aliphatic heterocycles. The standard InChI is InChI=1S/C13H16F2N2O/c1-2-5-17(10-7-16-8-10)13(18)11-4-3-9(14)6-12(11)15/h3-4,6,10,16H,2,5,7-8H2,1H3. The predicted octanol–water partition coefficient (Wildman–Crippen LogP) is 1.79. The van der Waals surface area contributed by atoms with E-state index in [4.69, 9.17) is 0 Å². The third kappa shape index (κ3) is 2.51. The molecule has 0 saturated carbocycles. The average molecular weight is 254 g/mol. The van der Waals surface area contributed by atoms with Gasteiger partial charge >= 0.3 is 0 Å². The molecule has 1 aromatic rings. The van der Waals surface area contributed by atoms with Crippen molar-refractivity contribution >= 4 is 5.91 Å². The Hall–Kier alpha value is -1.49. The minimum atomic E-state index is -0.798. The average Bonchev–Trinajstić information content (AvgIpc) is 2.25. The van der Waals surface area contributed by atoms with Crippen LogP contribution in [0.2, 0.25) is 0 Å². The number of nitrogens with zero attached hydrogens (tertiary/aromatic N) is 1. The molecule has 0 aromatic heterocycles. The van der Waals surface area contributed by atoms with Gasteiger partial charge in [-0.3, -0.25) is 4.79 Å². The third-order valence-corrected chi connectivity index (χ3v) is 3.09. The van der Waals surface area contributed by atoms with Gasteiger partial charge in [0.05, 0.1) is 11.6 Å². The zero-order chi connectivity index (χ0) is 13.1. The van der Waals surface area contributed by atoms with Crippen molar-refractivity contribution in [2.75, 3.05) is 19.6 Å². The van der Waals surface area contributed by atoms with Crippen molar-refractivity contribution in [3.63, 3.8) is 0 Å². The van der Waals surface area contributed by atoms with Crippen molar-refractivity contribution in [1.82, 2.24) is 10.2 Å². The lowest BCUT2D eigenvalue weighted by molar-refractivity contribution is 0.0611. The molecule has 0 aliphatic carbocycles. The summed E-state index contributed by atoms with van der Waals surface area (Å²) in [6, 6.07) is 3.18. The van der Waals surface area contributed by atoms with E-state index in [0.29, 0.717) is 6.54 Å². The smallest absolute Gasteiger partial charge is 0.257 e. The summed E-state index contributed by atoms with van der Waals surface area (Å²) < 4.78 is 26.4. The van der Waals surface area contributed by atoms with Gasteiger partial charge in [-0.05, 0) is 18.6 Å². The normalized spacial score (nSPS) is 15.3. The van der Waals surface area contributed by atoms with Crippen LogP contribution in [-0.4, -0.2) is 36.5 Å². The molecule has 1 saturated heterocycles. The van der Waals surface area contributed by atoms with Crippen LogP contribution in [0.5, 0.6) is 0 Å². The molecule has 0 atom stereocenters. The number of rotatable bonds is 4. The summed E-state index contributed by atoms with van der Waals surface area (Å²) in [6.07, 6.45) is 0.811. The minimum Gasteiger partial charge on any atom is -0.333 e. The summed E-state index contributed by atoms with van der Waals surface area (Å²) in [5.74, 6) is -1.83. The topological polar surface area (TPSA) is 32.3 Å². The van der Waals surface area contributed by atoms with Gasteiger partial charge in [-0.15, -0.1) is 0 Å². The first-order valence-electron chi connectivity index (χ1n) is 6.10. The first-order chi connectivity index (χ1) is 8.63. The Balaban J connectivity index is 2.21. The summed E-state index contributed by atoms with van der Waals surface area (Å²) in [7, 11) is 0. The number of carbonyl (C=O) groups excluding carboxylic acids is 1. The number of benzene rings is 1. The number of hydrogen-bond donors (Lipinski definition) is 1. The maximum atomic E-state index is 13.6. The molecule has 1 aromatic carbocycles. The molecule has 1 aliphatic rings. The fourth-order valence-electron chi connectivity index (χ4n) is 2.00. The SMILES string of the molecule is CCCN(C(=O)c1ccc(F)cc1F)C1CNC1. The highest BCUT2D eigenvalue weighted by Gasteiger charge is 2.29. The Kier molecular flexibility index (Phi) is 3.91. The highest BCUT2D eigenvalue weighted by molar-refractivity contribution is 5.94. The highest BCUT2D eigenvalue weighted by Crippen LogP contribution is 2.16. The zero-order valence-corrected chi connectivity index (χ0v) is 10.2. The molecule has 0 radical (unpaired) electrons. The van der Waals surface area contributed by atoms with E-state index in [1.54, 1.807) is 4.90 Å². The van der Waals surface area contributed by atoms with E-state index in [-0.39, 0.29) is 17.5 Å². The van der Waals surface area contributed by atoms with E-state index in [0.717, 1.165) is 31.6 Å². The van der Waals surface area contributed by atoms with E-state index in [9.17, 15) is 13.6 Å². The molecule has 2 rings (SSSR count). The van der Waals surface area contributed by atoms with Crippen LogP contribution in [0.1, 0.15) is 23.7 Å². The zero-order valence-electron chi connectivity index (χ0n) is 10.2. The van der Waals surface area contributed by atoms with Crippen LogP contribution < -0.4 is 5.32 Å². The summed E-state index contributed by atoms with van der Waals surface area (Å²) >= 11 is 0. The molecule has 1 fully saturated rings. The van der Waals surface area contributed by atoms with Crippen molar-refractivity contribution in [3.05, 3.63) is 35.4 Å². The van der Waals surface area contributed by atoms with Gasteiger partial charge in [0.2, 0.25) is 0 Å². The monoisotopic (exact) mass is 254 g/mol. The fraction of sp³-hybridized carbons (Fsp3) is 0.462. The number of nitrogens with one attached hydrogen (secondary N) is 1. The molecule has 5 heteroatoms.